The van der Waals surface area contributed by atoms with Crippen LogP contribution in [0.1, 0.15) is 36.7 Å². The van der Waals surface area contributed by atoms with Crippen molar-refractivity contribution in [3.8, 4) is 11.8 Å². The molecule has 0 bridgehead atoms. The zero-order chi connectivity index (χ0) is 17.8. The van der Waals surface area contributed by atoms with Crippen LogP contribution in [0, 0.1) is 17.3 Å². The summed E-state index contributed by atoms with van der Waals surface area (Å²) in [5.41, 5.74) is 0.768. The third-order valence-electron chi connectivity index (χ3n) is 3.00. The van der Waals surface area contributed by atoms with Crippen LogP contribution in [-0.4, -0.2) is 21.4 Å². The Balaban J connectivity index is 2.35. The van der Waals surface area contributed by atoms with Crippen molar-refractivity contribution in [1.29, 1.82) is 0 Å². The molecule has 0 aliphatic heterocycles. The van der Waals surface area contributed by atoms with Crippen LogP contribution in [0.25, 0.3) is 0 Å². The molecule has 1 atom stereocenters. The molecule has 0 saturated carbocycles. The van der Waals surface area contributed by atoms with E-state index in [2.05, 4.69) is 21.2 Å². The number of nitrogens with zero attached hydrogens (tertiary/aromatic N) is 2. The highest BCUT2D eigenvalue weighted by Crippen LogP contribution is 2.14. The number of carbonyl (C=O) groups is 1. The molecule has 1 aromatic carbocycles. The molecule has 4 nitrogen and oxygen atoms in total. The maximum atomic E-state index is 12.7. The molecule has 124 valence electrons. The Labute approximate surface area is 143 Å². The number of rotatable bonds is 2. The lowest BCUT2D eigenvalue weighted by Crippen LogP contribution is -2.04. The first kappa shape index (κ1) is 17.9. The number of amides is 1. The van der Waals surface area contributed by atoms with Crippen molar-refractivity contribution < 1.29 is 9.00 Å². The van der Waals surface area contributed by atoms with E-state index in [1.165, 1.54) is 12.5 Å². The Morgan fingerprint density at radius 2 is 1.83 bits per heavy atom. The van der Waals surface area contributed by atoms with Gasteiger partial charge in [0.15, 0.2) is 0 Å². The lowest BCUT2D eigenvalue weighted by atomic mass is 9.97. The third-order valence-corrected chi connectivity index (χ3v) is 4.67. The minimum absolute atomic E-state index is 0.143. The Morgan fingerprint density at radius 3 is 2.46 bits per heavy atom. The first-order valence-electron chi connectivity index (χ1n) is 7.47. The van der Waals surface area contributed by atoms with Crippen LogP contribution in [-0.2, 0) is 9.73 Å². The number of benzene rings is 1. The highest BCUT2D eigenvalue weighted by Gasteiger charge is 2.12. The lowest BCUT2D eigenvalue weighted by Gasteiger charge is -2.07. The molecule has 24 heavy (non-hydrogen) atoms. The monoisotopic (exact) mass is 340 g/mol. The smallest absolute Gasteiger partial charge is 0.266 e. The average Bonchev–Trinajstić information content (AvgIpc) is 2.53. The van der Waals surface area contributed by atoms with E-state index >= 15 is 0 Å². The summed E-state index contributed by atoms with van der Waals surface area (Å²) in [7, 11) is -2.79. The number of aromatic nitrogens is 1. The van der Waals surface area contributed by atoms with Crippen molar-refractivity contribution in [3.63, 3.8) is 0 Å². The topological polar surface area (TPSA) is 59.4 Å². The number of hydrogen-bond acceptors (Lipinski definition) is 3. The molecule has 0 spiro atoms. The van der Waals surface area contributed by atoms with Crippen LogP contribution in [0.15, 0.2) is 58.1 Å². The SMILES string of the molecule is CC(C)(C)C#Cc1cncc(C(=O)N=S(C)(=O)c2ccccc2)c1. The maximum absolute atomic E-state index is 12.7. The van der Waals surface area contributed by atoms with Gasteiger partial charge in [-0.1, -0.05) is 30.0 Å². The van der Waals surface area contributed by atoms with Crippen LogP contribution in [0.2, 0.25) is 0 Å². The number of hydrogen-bond donors (Lipinski definition) is 0. The zero-order valence-electron chi connectivity index (χ0n) is 14.2. The molecule has 0 aliphatic rings. The summed E-state index contributed by atoms with van der Waals surface area (Å²) in [5.74, 6) is 5.53. The number of carbonyl (C=O) groups excluding carboxylic acids is 1. The van der Waals surface area contributed by atoms with Gasteiger partial charge < -0.3 is 0 Å². The van der Waals surface area contributed by atoms with E-state index in [1.807, 2.05) is 26.8 Å². The number of pyridine rings is 1. The highest BCUT2D eigenvalue weighted by atomic mass is 32.2. The van der Waals surface area contributed by atoms with Gasteiger partial charge in [0.2, 0.25) is 0 Å². The Bertz CT molecular complexity index is 923. The van der Waals surface area contributed by atoms with Crippen LogP contribution in [0.3, 0.4) is 0 Å². The fraction of sp³-hybridized carbons (Fsp3) is 0.263. The standard InChI is InChI=1S/C19H20N2O2S/c1-19(2,3)11-10-15-12-16(14-20-13-15)18(22)21-24(4,23)17-8-6-5-7-9-17/h5-9,12-14H,1-4H3. The summed E-state index contributed by atoms with van der Waals surface area (Å²) in [6.45, 7) is 6.01. The van der Waals surface area contributed by atoms with Crippen molar-refractivity contribution in [1.82, 2.24) is 4.98 Å². The summed E-state index contributed by atoms with van der Waals surface area (Å²) in [5, 5.41) is 0. The van der Waals surface area contributed by atoms with Crippen molar-refractivity contribution >= 4 is 15.6 Å². The highest BCUT2D eigenvalue weighted by molar-refractivity contribution is 7.93. The van der Waals surface area contributed by atoms with Crippen molar-refractivity contribution in [3.05, 3.63) is 59.9 Å². The van der Waals surface area contributed by atoms with E-state index in [4.69, 9.17) is 0 Å². The van der Waals surface area contributed by atoms with Crippen LogP contribution in [0.5, 0.6) is 0 Å². The predicted octanol–water partition coefficient (Wildman–Crippen LogP) is 3.78. The minimum Gasteiger partial charge on any atom is -0.266 e. The summed E-state index contributed by atoms with van der Waals surface area (Å²) < 4.78 is 16.6. The fourth-order valence-electron chi connectivity index (χ4n) is 1.82. The average molecular weight is 340 g/mol. The second-order valence-electron chi connectivity index (χ2n) is 6.47. The zero-order valence-corrected chi connectivity index (χ0v) is 15.1. The molecule has 0 fully saturated rings. The summed E-state index contributed by atoms with van der Waals surface area (Å²) in [6.07, 6.45) is 4.46. The molecule has 2 rings (SSSR count). The largest absolute Gasteiger partial charge is 0.286 e. The van der Waals surface area contributed by atoms with Crippen molar-refractivity contribution in [2.45, 2.75) is 25.7 Å². The molecule has 0 radical (unpaired) electrons. The first-order chi connectivity index (χ1) is 11.2. The summed E-state index contributed by atoms with van der Waals surface area (Å²) >= 11 is 0. The normalized spacial score (nSPS) is 13.3. The fourth-order valence-corrected chi connectivity index (χ4v) is 3.01. The Kier molecular flexibility index (Phi) is 5.20. The van der Waals surface area contributed by atoms with Crippen molar-refractivity contribution in [2.24, 2.45) is 9.78 Å². The van der Waals surface area contributed by atoms with Gasteiger partial charge in [0.25, 0.3) is 5.91 Å². The molecule has 0 saturated heterocycles. The van der Waals surface area contributed by atoms with E-state index in [0.29, 0.717) is 10.5 Å². The van der Waals surface area contributed by atoms with Gasteiger partial charge in [-0.25, -0.2) is 4.21 Å². The van der Waals surface area contributed by atoms with Gasteiger partial charge in [-0.2, -0.15) is 4.36 Å². The molecule has 0 N–H and O–H groups in total. The van der Waals surface area contributed by atoms with Gasteiger partial charge in [0, 0.05) is 34.5 Å². The Hall–Kier alpha value is -2.45. The van der Waals surface area contributed by atoms with Gasteiger partial charge in [0.1, 0.15) is 0 Å². The summed E-state index contributed by atoms with van der Waals surface area (Å²) in [4.78, 5) is 16.9. The van der Waals surface area contributed by atoms with E-state index in [1.54, 1.807) is 36.5 Å². The molecule has 1 amide bonds. The first-order valence-corrected chi connectivity index (χ1v) is 9.39. The van der Waals surface area contributed by atoms with Crippen LogP contribution in [0.4, 0.5) is 0 Å². The van der Waals surface area contributed by atoms with Gasteiger partial charge in [-0.15, -0.1) is 0 Å². The van der Waals surface area contributed by atoms with E-state index in [-0.39, 0.29) is 11.0 Å². The predicted molar refractivity (Wildman–Crippen MR) is 96.1 cm³/mol. The second-order valence-corrected chi connectivity index (χ2v) is 8.73. The lowest BCUT2D eigenvalue weighted by molar-refractivity contribution is 0.100. The quantitative estimate of drug-likeness (QED) is 0.782. The third kappa shape index (κ3) is 5.04. The van der Waals surface area contributed by atoms with Gasteiger partial charge in [-0.05, 0) is 39.0 Å². The Morgan fingerprint density at radius 1 is 1.17 bits per heavy atom. The summed E-state index contributed by atoms with van der Waals surface area (Å²) in [6, 6.07) is 10.4. The van der Waals surface area contributed by atoms with E-state index < -0.39 is 15.6 Å². The van der Waals surface area contributed by atoms with Crippen LogP contribution >= 0.6 is 0 Å². The maximum Gasteiger partial charge on any atom is 0.286 e. The molecule has 1 aromatic heterocycles. The molecule has 5 heteroatoms. The molecule has 2 aromatic rings. The van der Waals surface area contributed by atoms with Gasteiger partial charge >= 0.3 is 0 Å². The molecule has 1 heterocycles. The van der Waals surface area contributed by atoms with Crippen molar-refractivity contribution in [2.75, 3.05) is 6.26 Å². The van der Waals surface area contributed by atoms with E-state index in [9.17, 15) is 9.00 Å². The second kappa shape index (κ2) is 6.98. The molecule has 1 unspecified atom stereocenters. The van der Waals surface area contributed by atoms with Crippen LogP contribution < -0.4 is 0 Å². The molecular formula is C19H20N2O2S. The van der Waals surface area contributed by atoms with Gasteiger partial charge in [0.05, 0.1) is 15.3 Å². The van der Waals surface area contributed by atoms with Gasteiger partial charge in [-0.3, -0.25) is 9.78 Å². The molecular weight excluding hydrogens is 320 g/mol. The minimum atomic E-state index is -2.79. The van der Waals surface area contributed by atoms with E-state index in [0.717, 1.165) is 0 Å². The molecule has 0 aliphatic carbocycles.